The second-order valence-corrected chi connectivity index (χ2v) is 3.61. The molecule has 0 N–H and O–H groups in total. The Bertz CT molecular complexity index is 504. The third-order valence-electron chi connectivity index (χ3n) is 2.30. The van der Waals surface area contributed by atoms with Crippen LogP contribution in [0.5, 0.6) is 0 Å². The van der Waals surface area contributed by atoms with Gasteiger partial charge in [-0.2, -0.15) is 5.10 Å². The summed E-state index contributed by atoms with van der Waals surface area (Å²) in [5, 5.41) is 4.27. The maximum atomic E-state index is 10.9. The number of aromatic nitrogens is 3. The van der Waals surface area contributed by atoms with Crippen LogP contribution >= 0.6 is 0 Å². The molecule has 15 heavy (non-hydrogen) atoms. The molecule has 0 saturated carbocycles. The van der Waals surface area contributed by atoms with Gasteiger partial charge in [-0.1, -0.05) is 0 Å². The lowest BCUT2D eigenvalue weighted by atomic mass is 10.3. The van der Waals surface area contributed by atoms with E-state index in [1.807, 2.05) is 29.3 Å². The van der Waals surface area contributed by atoms with Crippen molar-refractivity contribution in [3.05, 3.63) is 52.2 Å². The summed E-state index contributed by atoms with van der Waals surface area (Å²) in [5.41, 5.74) is 2.16. The average Bonchev–Trinajstić information content (AvgIpc) is 2.49. The molecule has 78 valence electrons. The fraction of sp³-hybridized carbons (Fsp3) is 0.273. The average molecular weight is 203 g/mol. The van der Waals surface area contributed by atoms with Crippen LogP contribution < -0.4 is 5.43 Å². The molecule has 4 nitrogen and oxygen atoms in total. The first kappa shape index (κ1) is 9.71. The van der Waals surface area contributed by atoms with E-state index in [1.165, 1.54) is 0 Å². The highest BCUT2D eigenvalue weighted by molar-refractivity contribution is 5.09. The summed E-state index contributed by atoms with van der Waals surface area (Å²) in [4.78, 5) is 10.9. The second kappa shape index (κ2) is 3.73. The summed E-state index contributed by atoms with van der Waals surface area (Å²) in [5.74, 6) is 0. The van der Waals surface area contributed by atoms with E-state index in [2.05, 4.69) is 5.10 Å². The van der Waals surface area contributed by atoms with Gasteiger partial charge in [0.05, 0.1) is 17.9 Å². The normalized spacial score (nSPS) is 10.5. The van der Waals surface area contributed by atoms with E-state index in [0.29, 0.717) is 0 Å². The monoisotopic (exact) mass is 203 g/mol. The first-order valence-electron chi connectivity index (χ1n) is 4.81. The fourth-order valence-corrected chi connectivity index (χ4v) is 1.55. The number of hydrogen-bond donors (Lipinski definition) is 0. The highest BCUT2D eigenvalue weighted by Crippen LogP contribution is 2.03. The van der Waals surface area contributed by atoms with Gasteiger partial charge < -0.3 is 4.57 Å². The smallest absolute Gasteiger partial charge is 0.181 e. The number of pyridine rings is 1. The molecular weight excluding hydrogens is 190 g/mol. The van der Waals surface area contributed by atoms with Crippen LogP contribution in [-0.2, 0) is 13.6 Å². The van der Waals surface area contributed by atoms with Crippen molar-refractivity contribution in [1.82, 2.24) is 14.3 Å². The zero-order chi connectivity index (χ0) is 10.8. The Kier molecular flexibility index (Phi) is 2.41. The van der Waals surface area contributed by atoms with Crippen LogP contribution in [0.2, 0.25) is 0 Å². The van der Waals surface area contributed by atoms with Crippen molar-refractivity contribution in [2.45, 2.75) is 13.5 Å². The van der Waals surface area contributed by atoms with Crippen molar-refractivity contribution < 1.29 is 0 Å². The maximum absolute atomic E-state index is 10.9. The van der Waals surface area contributed by atoms with Crippen LogP contribution in [0.25, 0.3) is 0 Å². The van der Waals surface area contributed by atoms with E-state index in [9.17, 15) is 4.79 Å². The summed E-state index contributed by atoms with van der Waals surface area (Å²) in [6.45, 7) is 2.70. The molecule has 4 heteroatoms. The van der Waals surface area contributed by atoms with Gasteiger partial charge in [-0.15, -0.1) is 0 Å². The Balaban J connectivity index is 2.25. The molecule has 0 radical (unpaired) electrons. The lowest BCUT2D eigenvalue weighted by Gasteiger charge is -2.05. The minimum atomic E-state index is 0.0347. The lowest BCUT2D eigenvalue weighted by Crippen LogP contribution is -2.07. The molecule has 0 saturated heterocycles. The predicted octanol–water partition coefficient (Wildman–Crippen LogP) is 0.939. The molecular formula is C11H13N3O. The standard InChI is InChI=1S/C11H13N3O/c1-9-7-10(13(2)12-9)8-14-5-3-11(15)4-6-14/h3-7H,8H2,1-2H3. The summed E-state index contributed by atoms with van der Waals surface area (Å²) >= 11 is 0. The molecule has 2 aromatic rings. The van der Waals surface area contributed by atoms with Gasteiger partial charge >= 0.3 is 0 Å². The molecule has 0 aromatic carbocycles. The van der Waals surface area contributed by atoms with Gasteiger partial charge in [0, 0.05) is 31.6 Å². The second-order valence-electron chi connectivity index (χ2n) is 3.61. The first-order chi connectivity index (χ1) is 7.15. The van der Waals surface area contributed by atoms with Gasteiger partial charge in [0.1, 0.15) is 0 Å². The van der Waals surface area contributed by atoms with E-state index >= 15 is 0 Å². The topological polar surface area (TPSA) is 39.8 Å². The van der Waals surface area contributed by atoms with Gasteiger partial charge in [0.2, 0.25) is 0 Å². The minimum Gasteiger partial charge on any atom is -0.348 e. The SMILES string of the molecule is Cc1cc(Cn2ccc(=O)cc2)n(C)n1. The molecule has 0 spiro atoms. The number of hydrogen-bond acceptors (Lipinski definition) is 2. The first-order valence-corrected chi connectivity index (χ1v) is 4.81. The summed E-state index contributed by atoms with van der Waals surface area (Å²) in [6, 6.07) is 5.16. The van der Waals surface area contributed by atoms with Crippen LogP contribution in [0, 0.1) is 6.92 Å². The fourth-order valence-electron chi connectivity index (χ4n) is 1.55. The van der Waals surface area contributed by atoms with Crippen LogP contribution in [0.4, 0.5) is 0 Å². The van der Waals surface area contributed by atoms with E-state index in [4.69, 9.17) is 0 Å². The zero-order valence-electron chi connectivity index (χ0n) is 8.84. The van der Waals surface area contributed by atoms with Gasteiger partial charge in [0.15, 0.2) is 5.43 Å². The van der Waals surface area contributed by atoms with E-state index < -0.39 is 0 Å². The quantitative estimate of drug-likeness (QED) is 0.728. The minimum absolute atomic E-state index is 0.0347. The Morgan fingerprint density at radius 2 is 2.00 bits per heavy atom. The zero-order valence-corrected chi connectivity index (χ0v) is 8.84. The van der Waals surface area contributed by atoms with Crippen molar-refractivity contribution in [1.29, 1.82) is 0 Å². The summed E-state index contributed by atoms with van der Waals surface area (Å²) in [6.07, 6.45) is 3.56. The van der Waals surface area contributed by atoms with Gasteiger partial charge in [-0.25, -0.2) is 0 Å². The molecule has 0 bridgehead atoms. The van der Waals surface area contributed by atoms with Crippen LogP contribution in [0.3, 0.4) is 0 Å². The Morgan fingerprint density at radius 1 is 1.33 bits per heavy atom. The van der Waals surface area contributed by atoms with Gasteiger partial charge in [-0.3, -0.25) is 9.48 Å². The number of aryl methyl sites for hydroxylation is 2. The Hall–Kier alpha value is -1.84. The third kappa shape index (κ3) is 2.15. The highest BCUT2D eigenvalue weighted by Gasteiger charge is 2.01. The maximum Gasteiger partial charge on any atom is 0.181 e. The van der Waals surface area contributed by atoms with Crippen molar-refractivity contribution in [2.24, 2.45) is 7.05 Å². The van der Waals surface area contributed by atoms with Crippen molar-refractivity contribution >= 4 is 0 Å². The molecule has 0 amide bonds. The van der Waals surface area contributed by atoms with Crippen molar-refractivity contribution in [3.63, 3.8) is 0 Å². The van der Waals surface area contributed by atoms with Gasteiger partial charge in [0.25, 0.3) is 0 Å². The molecule has 0 atom stereocenters. The largest absolute Gasteiger partial charge is 0.348 e. The van der Waals surface area contributed by atoms with Crippen molar-refractivity contribution in [2.75, 3.05) is 0 Å². The number of nitrogens with zero attached hydrogens (tertiary/aromatic N) is 3. The molecule has 0 unspecified atom stereocenters. The molecule has 0 aliphatic rings. The molecule has 2 rings (SSSR count). The van der Waals surface area contributed by atoms with Crippen LogP contribution in [0.1, 0.15) is 11.4 Å². The number of rotatable bonds is 2. The Labute approximate surface area is 87.8 Å². The molecule has 2 heterocycles. The third-order valence-corrected chi connectivity index (χ3v) is 2.30. The molecule has 0 aliphatic carbocycles. The lowest BCUT2D eigenvalue weighted by molar-refractivity contribution is 0.661. The molecule has 0 aliphatic heterocycles. The van der Waals surface area contributed by atoms with Gasteiger partial charge in [-0.05, 0) is 13.0 Å². The summed E-state index contributed by atoms with van der Waals surface area (Å²) in [7, 11) is 1.92. The summed E-state index contributed by atoms with van der Waals surface area (Å²) < 4.78 is 3.81. The van der Waals surface area contributed by atoms with Crippen LogP contribution in [-0.4, -0.2) is 14.3 Å². The Morgan fingerprint density at radius 3 is 2.53 bits per heavy atom. The van der Waals surface area contributed by atoms with E-state index in [1.54, 1.807) is 24.5 Å². The van der Waals surface area contributed by atoms with Crippen molar-refractivity contribution in [3.8, 4) is 0 Å². The van der Waals surface area contributed by atoms with E-state index in [-0.39, 0.29) is 5.43 Å². The van der Waals surface area contributed by atoms with Crippen LogP contribution in [0.15, 0.2) is 35.4 Å². The molecule has 2 aromatic heterocycles. The highest BCUT2D eigenvalue weighted by atomic mass is 16.1. The predicted molar refractivity (Wildman–Crippen MR) is 57.7 cm³/mol. The van der Waals surface area contributed by atoms with E-state index in [0.717, 1.165) is 17.9 Å². The molecule has 0 fully saturated rings.